The Hall–Kier alpha value is -2.09. The fourth-order valence-electron chi connectivity index (χ4n) is 2.65. The van der Waals surface area contributed by atoms with E-state index in [2.05, 4.69) is 5.32 Å². The summed E-state index contributed by atoms with van der Waals surface area (Å²) in [5.41, 5.74) is -0.434. The standard InChI is InChI=1S/C22H37N2O7P/c1-10-28-32(27,29-11-2)18-13-12-17(23-19(25)30-21(3,4)5)14-16(18)15-24(9)20(26)31-22(6,7)8/h12-14H,10-11,15H2,1-9H3,(H,23,25). The Balaban J connectivity index is 3.33. The first-order valence-electron chi connectivity index (χ1n) is 10.6. The zero-order valence-corrected chi connectivity index (χ0v) is 21.5. The van der Waals surface area contributed by atoms with Crippen molar-refractivity contribution in [3.8, 4) is 0 Å². The van der Waals surface area contributed by atoms with Crippen LogP contribution in [0.2, 0.25) is 0 Å². The molecular weight excluding hydrogens is 435 g/mol. The summed E-state index contributed by atoms with van der Waals surface area (Å²) in [6, 6.07) is 4.77. The highest BCUT2D eigenvalue weighted by atomic mass is 31.2. The van der Waals surface area contributed by atoms with Gasteiger partial charge in [0.15, 0.2) is 0 Å². The van der Waals surface area contributed by atoms with Gasteiger partial charge in [0.25, 0.3) is 0 Å². The van der Waals surface area contributed by atoms with Gasteiger partial charge < -0.3 is 23.4 Å². The Morgan fingerprint density at radius 1 is 0.969 bits per heavy atom. The number of rotatable bonds is 8. The molecule has 1 aromatic rings. The number of hydrogen-bond donors (Lipinski definition) is 1. The molecule has 1 aromatic carbocycles. The van der Waals surface area contributed by atoms with Crippen LogP contribution in [0, 0.1) is 0 Å². The Morgan fingerprint density at radius 2 is 1.50 bits per heavy atom. The van der Waals surface area contributed by atoms with Gasteiger partial charge in [0, 0.05) is 19.3 Å². The van der Waals surface area contributed by atoms with Crippen molar-refractivity contribution in [2.75, 3.05) is 25.6 Å². The lowest BCUT2D eigenvalue weighted by atomic mass is 10.2. The summed E-state index contributed by atoms with van der Waals surface area (Å²) in [5.74, 6) is 0. The van der Waals surface area contributed by atoms with Crippen molar-refractivity contribution in [3.05, 3.63) is 23.8 Å². The fraction of sp³-hybridized carbons (Fsp3) is 0.636. The Labute approximate surface area is 191 Å². The molecule has 0 radical (unpaired) electrons. The molecule has 0 aliphatic carbocycles. The van der Waals surface area contributed by atoms with Crippen LogP contribution in [0.25, 0.3) is 0 Å². The van der Waals surface area contributed by atoms with E-state index in [0.717, 1.165) is 0 Å². The molecule has 0 saturated heterocycles. The van der Waals surface area contributed by atoms with Crippen LogP contribution in [0.15, 0.2) is 18.2 Å². The lowest BCUT2D eigenvalue weighted by Crippen LogP contribution is -2.35. The molecule has 1 N–H and O–H groups in total. The van der Waals surface area contributed by atoms with Crippen LogP contribution in [0.1, 0.15) is 61.0 Å². The summed E-state index contributed by atoms with van der Waals surface area (Å²) in [6.07, 6.45) is -1.17. The molecule has 0 aliphatic rings. The van der Waals surface area contributed by atoms with Gasteiger partial charge in [0.05, 0.1) is 18.5 Å². The Morgan fingerprint density at radius 3 is 1.97 bits per heavy atom. The molecule has 0 aromatic heterocycles. The maximum absolute atomic E-state index is 13.4. The number of hydrogen-bond acceptors (Lipinski definition) is 7. The smallest absolute Gasteiger partial charge is 0.412 e. The second kappa shape index (κ2) is 11.2. The Bertz CT molecular complexity index is 834. The van der Waals surface area contributed by atoms with Crippen LogP contribution in [-0.4, -0.2) is 48.5 Å². The summed E-state index contributed by atoms with van der Waals surface area (Å²) in [4.78, 5) is 26.0. The molecular formula is C22H37N2O7P. The van der Waals surface area contributed by atoms with Crippen molar-refractivity contribution in [3.63, 3.8) is 0 Å². The molecule has 1 rings (SSSR count). The lowest BCUT2D eigenvalue weighted by Gasteiger charge is -2.26. The number of nitrogens with one attached hydrogen (secondary N) is 1. The number of carbonyl (C=O) groups is 2. The van der Waals surface area contributed by atoms with Gasteiger partial charge >= 0.3 is 19.8 Å². The zero-order valence-electron chi connectivity index (χ0n) is 20.6. The predicted octanol–water partition coefficient (Wildman–Crippen LogP) is 5.29. The van der Waals surface area contributed by atoms with E-state index in [4.69, 9.17) is 18.5 Å². The molecule has 10 heteroatoms. The van der Waals surface area contributed by atoms with Crippen LogP contribution in [0.4, 0.5) is 15.3 Å². The molecule has 0 spiro atoms. The number of anilines is 1. The highest BCUT2D eigenvalue weighted by Gasteiger charge is 2.31. The van der Waals surface area contributed by atoms with E-state index in [9.17, 15) is 14.2 Å². The third-order valence-corrected chi connectivity index (χ3v) is 5.95. The van der Waals surface area contributed by atoms with Crippen molar-refractivity contribution < 1.29 is 32.7 Å². The van der Waals surface area contributed by atoms with Gasteiger partial charge in [0.2, 0.25) is 0 Å². The largest absolute Gasteiger partial charge is 0.444 e. The van der Waals surface area contributed by atoms with E-state index in [1.165, 1.54) is 4.90 Å². The molecule has 0 saturated carbocycles. The third-order valence-electron chi connectivity index (χ3n) is 3.73. The van der Waals surface area contributed by atoms with E-state index in [-0.39, 0.29) is 19.8 Å². The minimum atomic E-state index is -3.65. The van der Waals surface area contributed by atoms with Crippen molar-refractivity contribution in [1.82, 2.24) is 4.90 Å². The quantitative estimate of drug-likeness (QED) is 0.513. The van der Waals surface area contributed by atoms with Crippen LogP contribution >= 0.6 is 7.60 Å². The van der Waals surface area contributed by atoms with Crippen LogP contribution in [0.3, 0.4) is 0 Å². The molecule has 32 heavy (non-hydrogen) atoms. The second-order valence-electron chi connectivity index (χ2n) is 9.14. The van der Waals surface area contributed by atoms with Crippen molar-refractivity contribution in [1.29, 1.82) is 0 Å². The minimum absolute atomic E-state index is 0.0538. The number of ether oxygens (including phenoxy) is 2. The zero-order chi connectivity index (χ0) is 24.7. The molecule has 9 nitrogen and oxygen atoms in total. The predicted molar refractivity (Wildman–Crippen MR) is 124 cm³/mol. The minimum Gasteiger partial charge on any atom is -0.444 e. The van der Waals surface area contributed by atoms with Gasteiger partial charge in [0.1, 0.15) is 11.2 Å². The average Bonchev–Trinajstić information content (AvgIpc) is 2.59. The normalized spacial score (nSPS) is 12.3. The molecule has 0 bridgehead atoms. The van der Waals surface area contributed by atoms with Gasteiger partial charge in [-0.25, -0.2) is 9.59 Å². The number of benzene rings is 1. The molecule has 0 unspecified atom stereocenters. The van der Waals surface area contributed by atoms with E-state index < -0.39 is 31.0 Å². The first-order chi connectivity index (χ1) is 14.6. The van der Waals surface area contributed by atoms with Crippen LogP contribution < -0.4 is 10.6 Å². The molecule has 0 atom stereocenters. The molecule has 182 valence electrons. The highest BCUT2D eigenvalue weighted by molar-refractivity contribution is 7.62. The summed E-state index contributed by atoms with van der Waals surface area (Å²) in [7, 11) is -2.08. The van der Waals surface area contributed by atoms with Gasteiger partial charge in [-0.3, -0.25) is 9.88 Å². The first-order valence-corrected chi connectivity index (χ1v) is 12.1. The Kier molecular flexibility index (Phi) is 9.75. The maximum atomic E-state index is 13.4. The average molecular weight is 473 g/mol. The van der Waals surface area contributed by atoms with E-state index in [1.807, 2.05) is 0 Å². The summed E-state index contributed by atoms with van der Waals surface area (Å²) >= 11 is 0. The molecule has 0 heterocycles. The number of carbonyl (C=O) groups excluding carboxylic acids is 2. The highest BCUT2D eigenvalue weighted by Crippen LogP contribution is 2.48. The summed E-state index contributed by atoms with van der Waals surface area (Å²) in [6.45, 7) is 14.4. The van der Waals surface area contributed by atoms with Gasteiger partial charge in [-0.15, -0.1) is 0 Å². The van der Waals surface area contributed by atoms with Crippen molar-refractivity contribution >= 4 is 30.8 Å². The monoisotopic (exact) mass is 472 g/mol. The fourth-order valence-corrected chi connectivity index (χ4v) is 4.43. The van der Waals surface area contributed by atoms with Gasteiger partial charge in [-0.2, -0.15) is 0 Å². The molecule has 2 amide bonds. The topological polar surface area (TPSA) is 103 Å². The lowest BCUT2D eigenvalue weighted by molar-refractivity contribution is 0.0285. The number of amides is 2. The van der Waals surface area contributed by atoms with Crippen molar-refractivity contribution in [2.45, 2.75) is 73.1 Å². The third kappa shape index (κ3) is 9.18. The number of nitrogens with zero attached hydrogens (tertiary/aromatic N) is 1. The maximum Gasteiger partial charge on any atom is 0.412 e. The second-order valence-corrected chi connectivity index (χ2v) is 11.1. The molecule has 0 aliphatic heterocycles. The first kappa shape index (κ1) is 27.9. The van der Waals surface area contributed by atoms with Gasteiger partial charge in [-0.05, 0) is 79.2 Å². The molecule has 0 fully saturated rings. The summed E-state index contributed by atoms with van der Waals surface area (Å²) in [5, 5.41) is 2.97. The van der Waals surface area contributed by atoms with Crippen LogP contribution in [-0.2, 0) is 29.6 Å². The van der Waals surface area contributed by atoms with Gasteiger partial charge in [-0.1, -0.05) is 0 Å². The van der Waals surface area contributed by atoms with Crippen LogP contribution in [0.5, 0.6) is 0 Å². The van der Waals surface area contributed by atoms with E-state index in [1.54, 1.807) is 80.6 Å². The van der Waals surface area contributed by atoms with Crippen molar-refractivity contribution in [2.24, 2.45) is 0 Å². The SMILES string of the molecule is CCOP(=O)(OCC)c1ccc(NC(=O)OC(C)(C)C)cc1CN(C)C(=O)OC(C)(C)C. The summed E-state index contributed by atoms with van der Waals surface area (Å²) < 4.78 is 35.1. The van der Waals surface area contributed by atoms with E-state index >= 15 is 0 Å². The van der Waals surface area contributed by atoms with E-state index in [0.29, 0.717) is 16.6 Å².